The van der Waals surface area contributed by atoms with Crippen LogP contribution in [0.4, 0.5) is 4.39 Å². The number of carbonyl (C=O) groups is 2. The van der Waals surface area contributed by atoms with Crippen molar-refractivity contribution in [3.63, 3.8) is 0 Å². The van der Waals surface area contributed by atoms with Gasteiger partial charge in [0.2, 0.25) is 5.91 Å². The molecule has 24 heavy (non-hydrogen) atoms. The number of amides is 1. The number of carboxylic acid groups (broad SMARTS) is 1. The largest absolute Gasteiger partial charge is 0.497 e. The maximum absolute atomic E-state index is 13.0. The summed E-state index contributed by atoms with van der Waals surface area (Å²) in [5, 5.41) is 11.7. The monoisotopic (exact) mass is 331 g/mol. The summed E-state index contributed by atoms with van der Waals surface area (Å²) in [5.41, 5.74) is 1.32. The van der Waals surface area contributed by atoms with Crippen molar-refractivity contribution in [3.8, 4) is 5.75 Å². The fourth-order valence-corrected chi connectivity index (χ4v) is 2.30. The summed E-state index contributed by atoms with van der Waals surface area (Å²) in [5.74, 6) is -1.09. The Morgan fingerprint density at radius 1 is 1.12 bits per heavy atom. The molecule has 0 bridgehead atoms. The Morgan fingerprint density at radius 2 is 1.75 bits per heavy atom. The van der Waals surface area contributed by atoms with Crippen molar-refractivity contribution in [2.45, 2.75) is 18.9 Å². The van der Waals surface area contributed by atoms with Gasteiger partial charge in [0.25, 0.3) is 0 Å². The van der Waals surface area contributed by atoms with Gasteiger partial charge in [0, 0.05) is 0 Å². The molecule has 126 valence electrons. The Bertz CT molecular complexity index is 698. The molecule has 1 amide bonds. The van der Waals surface area contributed by atoms with Crippen LogP contribution >= 0.6 is 0 Å². The van der Waals surface area contributed by atoms with Crippen LogP contribution < -0.4 is 10.1 Å². The zero-order valence-corrected chi connectivity index (χ0v) is 13.2. The molecule has 0 aliphatic rings. The van der Waals surface area contributed by atoms with Gasteiger partial charge in [-0.2, -0.15) is 0 Å². The number of carboxylic acids is 1. The second-order valence-electron chi connectivity index (χ2n) is 5.29. The van der Waals surface area contributed by atoms with Gasteiger partial charge in [-0.3, -0.25) is 9.59 Å². The SMILES string of the molecule is COc1ccc(CC(=O)N[C@@H](CC(=O)O)c2ccc(F)cc2)cc1. The van der Waals surface area contributed by atoms with Crippen LogP contribution in [0.25, 0.3) is 0 Å². The molecule has 0 spiro atoms. The molecule has 2 aromatic rings. The molecule has 0 aliphatic heterocycles. The standard InChI is InChI=1S/C18H18FNO4/c1-24-15-8-2-12(3-9-15)10-17(21)20-16(11-18(22)23)13-4-6-14(19)7-5-13/h2-9,16H,10-11H2,1H3,(H,20,21)(H,22,23)/t16-/m0/s1. The zero-order chi connectivity index (χ0) is 17.5. The van der Waals surface area contributed by atoms with Gasteiger partial charge in [-0.25, -0.2) is 4.39 Å². The number of nitrogens with one attached hydrogen (secondary N) is 1. The van der Waals surface area contributed by atoms with Gasteiger partial charge in [-0.05, 0) is 35.4 Å². The van der Waals surface area contributed by atoms with Crippen molar-refractivity contribution in [1.29, 1.82) is 0 Å². The molecule has 0 heterocycles. The van der Waals surface area contributed by atoms with E-state index in [1.54, 1.807) is 31.4 Å². The fraction of sp³-hybridized carbons (Fsp3) is 0.222. The Labute approximate surface area is 139 Å². The number of hydrogen-bond acceptors (Lipinski definition) is 3. The number of aliphatic carboxylic acids is 1. The number of carbonyl (C=O) groups excluding carboxylic acids is 1. The van der Waals surface area contributed by atoms with Gasteiger partial charge in [0.05, 0.1) is 26.0 Å². The first-order valence-electron chi connectivity index (χ1n) is 7.37. The van der Waals surface area contributed by atoms with E-state index in [-0.39, 0.29) is 18.7 Å². The minimum absolute atomic E-state index is 0.112. The highest BCUT2D eigenvalue weighted by Gasteiger charge is 2.18. The normalized spacial score (nSPS) is 11.6. The Balaban J connectivity index is 2.05. The van der Waals surface area contributed by atoms with Crippen molar-refractivity contribution < 1.29 is 23.8 Å². The molecule has 6 heteroatoms. The summed E-state index contributed by atoms with van der Waals surface area (Å²) in [6, 6.07) is 11.7. The Morgan fingerprint density at radius 3 is 2.29 bits per heavy atom. The summed E-state index contributed by atoms with van der Waals surface area (Å²) >= 11 is 0. The van der Waals surface area contributed by atoms with E-state index in [1.807, 2.05) is 0 Å². The Kier molecular flexibility index (Phi) is 5.89. The third-order valence-electron chi connectivity index (χ3n) is 3.51. The van der Waals surface area contributed by atoms with Gasteiger partial charge in [0.15, 0.2) is 0 Å². The summed E-state index contributed by atoms with van der Waals surface area (Å²) in [6.45, 7) is 0. The highest BCUT2D eigenvalue weighted by Crippen LogP contribution is 2.18. The van der Waals surface area contributed by atoms with E-state index in [0.29, 0.717) is 11.3 Å². The maximum Gasteiger partial charge on any atom is 0.305 e. The van der Waals surface area contributed by atoms with Gasteiger partial charge >= 0.3 is 5.97 Å². The number of hydrogen-bond donors (Lipinski definition) is 2. The quantitative estimate of drug-likeness (QED) is 0.818. The van der Waals surface area contributed by atoms with Gasteiger partial charge in [-0.15, -0.1) is 0 Å². The Hall–Kier alpha value is -2.89. The lowest BCUT2D eigenvalue weighted by atomic mass is 10.0. The number of methoxy groups -OCH3 is 1. The minimum Gasteiger partial charge on any atom is -0.497 e. The maximum atomic E-state index is 13.0. The molecule has 2 aromatic carbocycles. The van der Waals surface area contributed by atoms with E-state index < -0.39 is 17.8 Å². The molecule has 2 N–H and O–H groups in total. The molecule has 0 unspecified atom stereocenters. The first kappa shape index (κ1) is 17.5. The molecule has 0 saturated carbocycles. The van der Waals surface area contributed by atoms with Crippen molar-refractivity contribution in [2.24, 2.45) is 0 Å². The zero-order valence-electron chi connectivity index (χ0n) is 13.2. The molecular formula is C18H18FNO4. The third kappa shape index (κ3) is 5.08. The first-order valence-corrected chi connectivity index (χ1v) is 7.37. The lowest BCUT2D eigenvalue weighted by molar-refractivity contribution is -0.137. The summed E-state index contributed by atoms with van der Waals surface area (Å²) in [7, 11) is 1.56. The van der Waals surface area contributed by atoms with Gasteiger partial charge < -0.3 is 15.2 Å². The highest BCUT2D eigenvalue weighted by molar-refractivity contribution is 5.80. The van der Waals surface area contributed by atoms with Crippen LogP contribution in [-0.4, -0.2) is 24.1 Å². The van der Waals surface area contributed by atoms with Crippen molar-refractivity contribution in [2.75, 3.05) is 7.11 Å². The van der Waals surface area contributed by atoms with Crippen LogP contribution in [0.3, 0.4) is 0 Å². The summed E-state index contributed by atoms with van der Waals surface area (Å²) < 4.78 is 18.1. The number of rotatable bonds is 7. The number of benzene rings is 2. The van der Waals surface area contributed by atoms with Crippen molar-refractivity contribution in [1.82, 2.24) is 5.32 Å². The number of ether oxygens (including phenoxy) is 1. The van der Waals surface area contributed by atoms with Crippen LogP contribution in [0.15, 0.2) is 48.5 Å². The van der Waals surface area contributed by atoms with Crippen LogP contribution in [0, 0.1) is 5.82 Å². The van der Waals surface area contributed by atoms with E-state index in [2.05, 4.69) is 5.32 Å². The molecule has 5 nitrogen and oxygen atoms in total. The van der Waals surface area contributed by atoms with E-state index >= 15 is 0 Å². The molecule has 0 radical (unpaired) electrons. The predicted octanol–water partition coefficient (Wildman–Crippen LogP) is 2.71. The third-order valence-corrected chi connectivity index (χ3v) is 3.51. The van der Waals surface area contributed by atoms with Crippen molar-refractivity contribution in [3.05, 3.63) is 65.5 Å². The topological polar surface area (TPSA) is 75.6 Å². The predicted molar refractivity (Wildman–Crippen MR) is 86.2 cm³/mol. The lowest BCUT2D eigenvalue weighted by Crippen LogP contribution is -2.31. The first-order chi connectivity index (χ1) is 11.5. The smallest absolute Gasteiger partial charge is 0.305 e. The van der Waals surface area contributed by atoms with Crippen LogP contribution in [0.1, 0.15) is 23.6 Å². The molecular weight excluding hydrogens is 313 g/mol. The molecule has 0 aliphatic carbocycles. The van der Waals surface area contributed by atoms with Crippen molar-refractivity contribution >= 4 is 11.9 Å². The fourth-order valence-electron chi connectivity index (χ4n) is 2.30. The molecule has 2 rings (SSSR count). The second kappa shape index (κ2) is 8.10. The average Bonchev–Trinajstić information content (AvgIpc) is 2.55. The average molecular weight is 331 g/mol. The minimum atomic E-state index is -1.05. The van der Waals surface area contributed by atoms with Crippen LogP contribution in [-0.2, 0) is 16.0 Å². The van der Waals surface area contributed by atoms with Crippen LogP contribution in [0.2, 0.25) is 0 Å². The lowest BCUT2D eigenvalue weighted by Gasteiger charge is -2.17. The van der Waals surface area contributed by atoms with E-state index in [1.165, 1.54) is 24.3 Å². The molecule has 0 fully saturated rings. The van der Waals surface area contributed by atoms with Crippen LogP contribution in [0.5, 0.6) is 5.75 Å². The number of halogens is 1. The summed E-state index contributed by atoms with van der Waals surface area (Å²) in [6.07, 6.45) is -0.165. The van der Waals surface area contributed by atoms with E-state index in [9.17, 15) is 14.0 Å². The van der Waals surface area contributed by atoms with Gasteiger partial charge in [0.1, 0.15) is 11.6 Å². The van der Waals surface area contributed by atoms with E-state index in [0.717, 1.165) is 5.56 Å². The highest BCUT2D eigenvalue weighted by atomic mass is 19.1. The summed E-state index contributed by atoms with van der Waals surface area (Å²) in [4.78, 5) is 23.2. The van der Waals surface area contributed by atoms with Gasteiger partial charge in [-0.1, -0.05) is 24.3 Å². The molecule has 0 aromatic heterocycles. The van der Waals surface area contributed by atoms with E-state index in [4.69, 9.17) is 9.84 Å². The second-order valence-corrected chi connectivity index (χ2v) is 5.29. The molecule has 0 saturated heterocycles. The molecule has 1 atom stereocenters.